The summed E-state index contributed by atoms with van der Waals surface area (Å²) in [5, 5.41) is 3.05. The average Bonchev–Trinajstić information content (AvgIpc) is 2.72. The Morgan fingerprint density at radius 2 is 2.39 bits per heavy atom. The fraction of sp³-hybridized carbons (Fsp3) is 0.500. The first-order valence-corrected chi connectivity index (χ1v) is 6.46. The van der Waals surface area contributed by atoms with Crippen LogP contribution in [-0.4, -0.2) is 19.1 Å². The fourth-order valence-corrected chi connectivity index (χ4v) is 2.36. The third-order valence-corrected chi connectivity index (χ3v) is 3.26. The number of amides is 1. The number of aryl methyl sites for hydroxylation is 1. The molecule has 18 heavy (non-hydrogen) atoms. The van der Waals surface area contributed by atoms with E-state index in [-0.39, 0.29) is 11.9 Å². The van der Waals surface area contributed by atoms with Crippen molar-refractivity contribution < 1.29 is 9.53 Å². The van der Waals surface area contributed by atoms with Crippen LogP contribution in [0.3, 0.4) is 0 Å². The van der Waals surface area contributed by atoms with E-state index in [9.17, 15) is 4.79 Å². The van der Waals surface area contributed by atoms with Crippen molar-refractivity contribution in [2.75, 3.05) is 18.9 Å². The van der Waals surface area contributed by atoms with E-state index in [1.165, 1.54) is 11.1 Å². The van der Waals surface area contributed by atoms with Gasteiger partial charge in [-0.3, -0.25) is 4.79 Å². The highest BCUT2D eigenvalue weighted by Crippen LogP contribution is 2.32. The molecule has 0 saturated heterocycles. The molecule has 4 nitrogen and oxygen atoms in total. The van der Waals surface area contributed by atoms with Crippen molar-refractivity contribution in [3.8, 4) is 0 Å². The van der Waals surface area contributed by atoms with E-state index in [4.69, 9.17) is 10.5 Å². The topological polar surface area (TPSA) is 64.3 Å². The lowest BCUT2D eigenvalue weighted by atomic mass is 10.1. The molecule has 1 atom stereocenters. The largest absolute Gasteiger partial charge is 0.399 e. The summed E-state index contributed by atoms with van der Waals surface area (Å²) in [4.78, 5) is 11.7. The minimum Gasteiger partial charge on any atom is -0.399 e. The maximum Gasteiger partial charge on any atom is 0.222 e. The predicted octanol–water partition coefficient (Wildman–Crippen LogP) is 1.80. The molecule has 0 aromatic heterocycles. The van der Waals surface area contributed by atoms with E-state index in [0.29, 0.717) is 19.6 Å². The molecule has 2 rings (SSSR count). The molecule has 3 N–H and O–H groups in total. The molecule has 4 heteroatoms. The zero-order valence-electron chi connectivity index (χ0n) is 10.7. The van der Waals surface area contributed by atoms with Gasteiger partial charge in [0.05, 0.1) is 12.6 Å². The molecule has 0 spiro atoms. The van der Waals surface area contributed by atoms with E-state index in [1.807, 2.05) is 25.1 Å². The van der Waals surface area contributed by atoms with Crippen molar-refractivity contribution in [2.45, 2.75) is 32.2 Å². The summed E-state index contributed by atoms with van der Waals surface area (Å²) in [5.41, 5.74) is 9.00. The number of hydrogen-bond acceptors (Lipinski definition) is 3. The molecule has 1 aliphatic rings. The van der Waals surface area contributed by atoms with Crippen LogP contribution in [0.15, 0.2) is 18.2 Å². The van der Waals surface area contributed by atoms with Crippen LogP contribution < -0.4 is 11.1 Å². The SMILES string of the molecule is CCOCCC(=O)NC1CCc2cc(N)ccc21. The van der Waals surface area contributed by atoms with Crippen LogP contribution >= 0.6 is 0 Å². The molecule has 1 aliphatic carbocycles. The minimum absolute atomic E-state index is 0.0538. The van der Waals surface area contributed by atoms with Gasteiger partial charge in [-0.2, -0.15) is 0 Å². The summed E-state index contributed by atoms with van der Waals surface area (Å²) < 4.78 is 5.18. The van der Waals surface area contributed by atoms with Gasteiger partial charge >= 0.3 is 0 Å². The number of carbonyl (C=O) groups is 1. The van der Waals surface area contributed by atoms with Crippen molar-refractivity contribution in [3.05, 3.63) is 29.3 Å². The number of nitrogens with one attached hydrogen (secondary N) is 1. The quantitative estimate of drug-likeness (QED) is 0.617. The number of nitrogens with two attached hydrogens (primary N) is 1. The van der Waals surface area contributed by atoms with Crippen molar-refractivity contribution in [3.63, 3.8) is 0 Å². The van der Waals surface area contributed by atoms with Crippen molar-refractivity contribution in [2.24, 2.45) is 0 Å². The maximum absolute atomic E-state index is 11.7. The molecule has 0 aliphatic heterocycles. The van der Waals surface area contributed by atoms with Crippen LogP contribution in [0.25, 0.3) is 0 Å². The predicted molar refractivity (Wildman–Crippen MR) is 71.2 cm³/mol. The van der Waals surface area contributed by atoms with Crippen LogP contribution in [0.4, 0.5) is 5.69 Å². The molecule has 98 valence electrons. The molecule has 0 heterocycles. The van der Waals surface area contributed by atoms with Gasteiger partial charge in [-0.1, -0.05) is 6.07 Å². The standard InChI is InChI=1S/C14H20N2O2/c1-2-18-8-7-14(17)16-13-6-3-10-9-11(15)4-5-12(10)13/h4-5,9,13H,2-3,6-8,15H2,1H3,(H,16,17). The van der Waals surface area contributed by atoms with Gasteiger partial charge in [0, 0.05) is 18.7 Å². The van der Waals surface area contributed by atoms with Crippen molar-refractivity contribution in [1.82, 2.24) is 5.32 Å². The van der Waals surface area contributed by atoms with Crippen LogP contribution in [0.5, 0.6) is 0 Å². The number of fused-ring (bicyclic) bond motifs is 1. The Hall–Kier alpha value is -1.55. The van der Waals surface area contributed by atoms with Gasteiger partial charge in [-0.25, -0.2) is 0 Å². The second-order valence-electron chi connectivity index (χ2n) is 4.56. The lowest BCUT2D eigenvalue weighted by Crippen LogP contribution is -2.27. The average molecular weight is 248 g/mol. The number of nitrogen functional groups attached to an aromatic ring is 1. The molecular formula is C14H20N2O2. The number of carbonyl (C=O) groups excluding carboxylic acids is 1. The molecule has 1 amide bonds. The number of anilines is 1. The second kappa shape index (κ2) is 5.87. The smallest absolute Gasteiger partial charge is 0.222 e. The van der Waals surface area contributed by atoms with Crippen molar-refractivity contribution >= 4 is 11.6 Å². The highest BCUT2D eigenvalue weighted by Gasteiger charge is 2.23. The fourth-order valence-electron chi connectivity index (χ4n) is 2.36. The normalized spacial score (nSPS) is 17.5. The summed E-state index contributed by atoms with van der Waals surface area (Å²) in [7, 11) is 0. The lowest BCUT2D eigenvalue weighted by Gasteiger charge is -2.14. The zero-order chi connectivity index (χ0) is 13.0. The summed E-state index contributed by atoms with van der Waals surface area (Å²) in [5.74, 6) is 0.0538. The highest BCUT2D eigenvalue weighted by molar-refractivity contribution is 5.76. The molecule has 1 aromatic carbocycles. The Labute approximate surface area is 108 Å². The van der Waals surface area contributed by atoms with Crippen LogP contribution in [-0.2, 0) is 16.0 Å². The molecule has 0 fully saturated rings. The van der Waals surface area contributed by atoms with Crippen LogP contribution in [0.2, 0.25) is 0 Å². The van der Waals surface area contributed by atoms with Gasteiger partial charge in [-0.05, 0) is 43.0 Å². The zero-order valence-corrected chi connectivity index (χ0v) is 10.7. The summed E-state index contributed by atoms with van der Waals surface area (Å²) in [6.45, 7) is 3.07. The Bertz CT molecular complexity index is 432. The second-order valence-corrected chi connectivity index (χ2v) is 4.56. The number of benzene rings is 1. The van der Waals surface area contributed by atoms with Crippen LogP contribution in [0, 0.1) is 0 Å². The summed E-state index contributed by atoms with van der Waals surface area (Å²) >= 11 is 0. The minimum atomic E-state index is 0.0538. The van der Waals surface area contributed by atoms with E-state index in [2.05, 4.69) is 5.32 Å². The van der Waals surface area contributed by atoms with Gasteiger partial charge in [0.25, 0.3) is 0 Å². The Morgan fingerprint density at radius 1 is 1.56 bits per heavy atom. The number of rotatable bonds is 5. The first-order chi connectivity index (χ1) is 8.70. The van der Waals surface area contributed by atoms with Gasteiger partial charge in [-0.15, -0.1) is 0 Å². The third-order valence-electron chi connectivity index (χ3n) is 3.26. The Kier molecular flexibility index (Phi) is 4.20. The molecule has 1 aromatic rings. The monoisotopic (exact) mass is 248 g/mol. The first kappa shape index (κ1) is 12.9. The number of hydrogen-bond donors (Lipinski definition) is 2. The van der Waals surface area contributed by atoms with Crippen molar-refractivity contribution in [1.29, 1.82) is 0 Å². The highest BCUT2D eigenvalue weighted by atomic mass is 16.5. The Morgan fingerprint density at radius 3 is 3.17 bits per heavy atom. The number of ether oxygens (including phenoxy) is 1. The molecule has 0 saturated carbocycles. The van der Waals surface area contributed by atoms with Gasteiger partial charge in [0.2, 0.25) is 5.91 Å². The first-order valence-electron chi connectivity index (χ1n) is 6.46. The lowest BCUT2D eigenvalue weighted by molar-refractivity contribution is -0.122. The molecule has 1 unspecified atom stereocenters. The van der Waals surface area contributed by atoms with Gasteiger partial charge in [0.15, 0.2) is 0 Å². The van der Waals surface area contributed by atoms with E-state index >= 15 is 0 Å². The summed E-state index contributed by atoms with van der Waals surface area (Å²) in [6.07, 6.45) is 2.37. The Balaban J connectivity index is 1.91. The van der Waals surface area contributed by atoms with Crippen LogP contribution in [0.1, 0.15) is 36.9 Å². The van der Waals surface area contributed by atoms with Gasteiger partial charge in [0.1, 0.15) is 0 Å². The molecule has 0 bridgehead atoms. The summed E-state index contributed by atoms with van der Waals surface area (Å²) in [6, 6.07) is 6.05. The van der Waals surface area contributed by atoms with Gasteiger partial charge < -0.3 is 15.8 Å². The molecular weight excluding hydrogens is 228 g/mol. The van der Waals surface area contributed by atoms with E-state index in [1.54, 1.807) is 0 Å². The van der Waals surface area contributed by atoms with E-state index in [0.717, 1.165) is 18.5 Å². The maximum atomic E-state index is 11.7. The molecule has 0 radical (unpaired) electrons. The third kappa shape index (κ3) is 3.01. The van der Waals surface area contributed by atoms with E-state index < -0.39 is 0 Å².